The third kappa shape index (κ3) is 3.50. The van der Waals surface area contributed by atoms with E-state index in [0.717, 1.165) is 11.6 Å². The second kappa shape index (κ2) is 6.59. The maximum Gasteiger partial charge on any atom is 0.416 e. The largest absolute Gasteiger partial charge is 0.416 e. The summed E-state index contributed by atoms with van der Waals surface area (Å²) in [5, 5.41) is 0. The van der Waals surface area contributed by atoms with Gasteiger partial charge < -0.3 is 4.57 Å². The van der Waals surface area contributed by atoms with Gasteiger partial charge in [-0.05, 0) is 24.1 Å². The van der Waals surface area contributed by atoms with Gasteiger partial charge in [-0.15, -0.1) is 0 Å². The topological polar surface area (TPSA) is 22.0 Å². The maximum atomic E-state index is 13.3. The normalized spacial score (nSPS) is 11.5. The maximum absolute atomic E-state index is 13.3. The van der Waals surface area contributed by atoms with Gasteiger partial charge in [-0.25, -0.2) is 0 Å². The molecule has 1 aromatic heterocycles. The van der Waals surface area contributed by atoms with E-state index >= 15 is 0 Å². The van der Waals surface area contributed by atoms with Crippen molar-refractivity contribution in [1.82, 2.24) is 4.57 Å². The van der Waals surface area contributed by atoms with Crippen molar-refractivity contribution in [3.63, 3.8) is 0 Å². The van der Waals surface area contributed by atoms with Gasteiger partial charge in [0.15, 0.2) is 0 Å². The van der Waals surface area contributed by atoms with Crippen molar-refractivity contribution in [3.8, 4) is 11.3 Å². The molecule has 0 N–H and O–H groups in total. The van der Waals surface area contributed by atoms with E-state index in [1.54, 1.807) is 30.3 Å². The number of hydrogen-bond acceptors (Lipinski definition) is 1. The lowest BCUT2D eigenvalue weighted by atomic mass is 10.0. The average molecular weight is 343 g/mol. The summed E-state index contributed by atoms with van der Waals surface area (Å²) in [4.78, 5) is 12.7. The Balaban J connectivity index is 2.25. The van der Waals surface area contributed by atoms with E-state index in [1.165, 1.54) is 11.5 Å². The SMILES string of the molecule is Cc1c(C(F)(F)F)cc(-c2ccccc2)n(Cc2ccccc2)c1=O. The first-order chi connectivity index (χ1) is 11.9. The van der Waals surface area contributed by atoms with Crippen molar-refractivity contribution in [1.29, 1.82) is 0 Å². The molecule has 1 heterocycles. The molecule has 0 saturated heterocycles. The Morgan fingerprint density at radius 3 is 2.04 bits per heavy atom. The Hall–Kier alpha value is -2.82. The quantitative estimate of drug-likeness (QED) is 0.664. The van der Waals surface area contributed by atoms with Crippen LogP contribution in [0.25, 0.3) is 11.3 Å². The van der Waals surface area contributed by atoms with Crippen LogP contribution in [0, 0.1) is 6.92 Å². The van der Waals surface area contributed by atoms with Crippen molar-refractivity contribution in [2.45, 2.75) is 19.6 Å². The van der Waals surface area contributed by atoms with Gasteiger partial charge >= 0.3 is 6.18 Å². The first kappa shape index (κ1) is 17.0. The Morgan fingerprint density at radius 2 is 1.48 bits per heavy atom. The first-order valence-corrected chi connectivity index (χ1v) is 7.79. The lowest BCUT2D eigenvalue weighted by Gasteiger charge is -2.18. The van der Waals surface area contributed by atoms with Gasteiger partial charge in [-0.2, -0.15) is 13.2 Å². The van der Waals surface area contributed by atoms with Crippen molar-refractivity contribution < 1.29 is 13.2 Å². The second-order valence-corrected chi connectivity index (χ2v) is 5.81. The molecule has 0 radical (unpaired) electrons. The molecule has 0 aliphatic heterocycles. The summed E-state index contributed by atoms with van der Waals surface area (Å²) in [5.41, 5.74) is -0.129. The van der Waals surface area contributed by atoms with Crippen LogP contribution in [0.4, 0.5) is 13.2 Å². The van der Waals surface area contributed by atoms with Gasteiger partial charge in [0.1, 0.15) is 0 Å². The number of nitrogens with zero attached hydrogens (tertiary/aromatic N) is 1. The van der Waals surface area contributed by atoms with Gasteiger partial charge in [0.25, 0.3) is 5.56 Å². The first-order valence-electron chi connectivity index (χ1n) is 7.79. The molecule has 128 valence electrons. The Bertz CT molecular complexity index is 929. The summed E-state index contributed by atoms with van der Waals surface area (Å²) >= 11 is 0. The van der Waals surface area contributed by atoms with Crippen LogP contribution < -0.4 is 5.56 Å². The van der Waals surface area contributed by atoms with E-state index in [0.29, 0.717) is 5.56 Å². The van der Waals surface area contributed by atoms with Crippen LogP contribution in [0.1, 0.15) is 16.7 Å². The van der Waals surface area contributed by atoms with E-state index in [2.05, 4.69) is 0 Å². The fraction of sp³-hybridized carbons (Fsp3) is 0.150. The minimum absolute atomic E-state index is 0.211. The van der Waals surface area contributed by atoms with Crippen molar-refractivity contribution >= 4 is 0 Å². The lowest BCUT2D eigenvalue weighted by Crippen LogP contribution is -2.28. The smallest absolute Gasteiger partial charge is 0.304 e. The summed E-state index contributed by atoms with van der Waals surface area (Å²) in [5.74, 6) is 0. The third-order valence-electron chi connectivity index (χ3n) is 4.10. The molecule has 0 amide bonds. The zero-order valence-electron chi connectivity index (χ0n) is 13.5. The highest BCUT2D eigenvalue weighted by Crippen LogP contribution is 2.33. The molecule has 2 aromatic carbocycles. The summed E-state index contributed by atoms with van der Waals surface area (Å²) < 4.78 is 41.4. The van der Waals surface area contributed by atoms with Crippen LogP contribution in [-0.2, 0) is 12.7 Å². The van der Waals surface area contributed by atoms with Crippen LogP contribution >= 0.6 is 0 Å². The number of halogens is 3. The number of alkyl halides is 3. The van der Waals surface area contributed by atoms with Gasteiger partial charge in [0.05, 0.1) is 17.8 Å². The lowest BCUT2D eigenvalue weighted by molar-refractivity contribution is -0.138. The highest BCUT2D eigenvalue weighted by atomic mass is 19.4. The number of benzene rings is 2. The Labute approximate surface area is 143 Å². The molecular weight excluding hydrogens is 327 g/mol. The summed E-state index contributed by atoms with van der Waals surface area (Å²) in [6.45, 7) is 1.43. The van der Waals surface area contributed by atoms with Crippen LogP contribution in [0.3, 0.4) is 0 Å². The Morgan fingerprint density at radius 1 is 0.920 bits per heavy atom. The molecule has 5 heteroatoms. The fourth-order valence-corrected chi connectivity index (χ4v) is 2.82. The Kier molecular flexibility index (Phi) is 4.49. The minimum atomic E-state index is -4.57. The molecule has 0 aliphatic rings. The fourth-order valence-electron chi connectivity index (χ4n) is 2.82. The number of pyridine rings is 1. The van der Waals surface area contributed by atoms with E-state index in [4.69, 9.17) is 0 Å². The molecule has 0 fully saturated rings. The molecule has 25 heavy (non-hydrogen) atoms. The highest BCUT2D eigenvalue weighted by Gasteiger charge is 2.34. The number of hydrogen-bond donors (Lipinski definition) is 0. The predicted octanol–water partition coefficient (Wildman–Crippen LogP) is 4.89. The summed E-state index contributed by atoms with van der Waals surface area (Å²) in [6, 6.07) is 18.9. The average Bonchev–Trinajstić information content (AvgIpc) is 2.60. The molecule has 0 aliphatic carbocycles. The highest BCUT2D eigenvalue weighted by molar-refractivity contribution is 5.61. The van der Waals surface area contributed by atoms with E-state index in [9.17, 15) is 18.0 Å². The van der Waals surface area contributed by atoms with E-state index in [-0.39, 0.29) is 17.8 Å². The number of rotatable bonds is 3. The second-order valence-electron chi connectivity index (χ2n) is 5.81. The molecule has 3 aromatic rings. The molecular formula is C20H16F3NO. The molecule has 0 saturated carbocycles. The molecule has 0 atom stereocenters. The van der Waals surface area contributed by atoms with Crippen molar-refractivity contribution in [2.75, 3.05) is 0 Å². The standard InChI is InChI=1S/C20H16F3NO/c1-14-17(20(21,22)23)12-18(16-10-6-3-7-11-16)24(19(14)25)13-15-8-4-2-5-9-15/h2-12H,13H2,1H3. The summed E-state index contributed by atoms with van der Waals surface area (Å²) in [7, 11) is 0. The van der Waals surface area contributed by atoms with E-state index in [1.807, 2.05) is 30.3 Å². The van der Waals surface area contributed by atoms with Gasteiger partial charge in [-0.1, -0.05) is 60.7 Å². The number of aromatic nitrogens is 1. The third-order valence-corrected chi connectivity index (χ3v) is 4.10. The minimum Gasteiger partial charge on any atom is -0.304 e. The van der Waals surface area contributed by atoms with Crippen LogP contribution in [0.15, 0.2) is 71.5 Å². The van der Waals surface area contributed by atoms with Crippen molar-refractivity contribution in [3.05, 3.63) is 93.8 Å². The molecule has 3 rings (SSSR count). The van der Waals surface area contributed by atoms with Crippen molar-refractivity contribution in [2.24, 2.45) is 0 Å². The molecule has 0 bridgehead atoms. The van der Waals surface area contributed by atoms with Crippen LogP contribution in [0.5, 0.6) is 0 Å². The molecule has 0 unspecified atom stereocenters. The molecule has 2 nitrogen and oxygen atoms in total. The van der Waals surface area contributed by atoms with Gasteiger partial charge in [0.2, 0.25) is 0 Å². The zero-order valence-corrected chi connectivity index (χ0v) is 13.5. The van der Waals surface area contributed by atoms with Crippen LogP contribution in [0.2, 0.25) is 0 Å². The molecule has 0 spiro atoms. The predicted molar refractivity (Wildman–Crippen MR) is 91.4 cm³/mol. The van der Waals surface area contributed by atoms with Gasteiger partial charge in [-0.3, -0.25) is 4.79 Å². The zero-order chi connectivity index (χ0) is 18.0. The van der Waals surface area contributed by atoms with Crippen LogP contribution in [-0.4, -0.2) is 4.57 Å². The van der Waals surface area contributed by atoms with Gasteiger partial charge in [0, 0.05) is 5.56 Å². The monoisotopic (exact) mass is 343 g/mol. The van der Waals surface area contributed by atoms with E-state index < -0.39 is 17.3 Å². The summed E-state index contributed by atoms with van der Waals surface area (Å²) in [6.07, 6.45) is -4.57.